The van der Waals surface area contributed by atoms with Crippen LogP contribution in [0.25, 0.3) is 11.0 Å². The number of alkyl halides is 3. The molecule has 0 saturated carbocycles. The third kappa shape index (κ3) is 3.80. The largest absolute Gasteiger partial charge is 0.434 e. The van der Waals surface area contributed by atoms with Crippen molar-refractivity contribution >= 4 is 46.2 Å². The summed E-state index contributed by atoms with van der Waals surface area (Å²) in [5, 5.41) is 0.973. The van der Waals surface area contributed by atoms with Gasteiger partial charge in [-0.25, -0.2) is 15.0 Å². The van der Waals surface area contributed by atoms with Crippen molar-refractivity contribution in [2.45, 2.75) is 11.6 Å². The van der Waals surface area contributed by atoms with Crippen molar-refractivity contribution < 1.29 is 22.8 Å². The average molecular weight is 453 g/mol. The summed E-state index contributed by atoms with van der Waals surface area (Å²) in [7, 11) is 0. The van der Waals surface area contributed by atoms with E-state index in [1.165, 1.54) is 30.1 Å². The minimum absolute atomic E-state index is 0.0438. The zero-order valence-corrected chi connectivity index (χ0v) is 16.6. The monoisotopic (exact) mass is 452 g/mol. The van der Waals surface area contributed by atoms with E-state index in [1.807, 2.05) is 0 Å². The Balaban J connectivity index is 1.71. The van der Waals surface area contributed by atoms with Crippen molar-refractivity contribution in [1.82, 2.24) is 20.4 Å². The molecule has 1 saturated heterocycles. The summed E-state index contributed by atoms with van der Waals surface area (Å²) in [5.41, 5.74) is 0.651. The summed E-state index contributed by atoms with van der Waals surface area (Å²) in [6, 6.07) is 10.8. The number of carbonyl (C=O) groups is 2. The van der Waals surface area contributed by atoms with Crippen LogP contribution in [0.3, 0.4) is 0 Å². The van der Waals surface area contributed by atoms with Crippen molar-refractivity contribution in [3.8, 4) is 0 Å². The molecule has 0 bridgehead atoms. The van der Waals surface area contributed by atoms with Crippen molar-refractivity contribution in [3.05, 3.63) is 70.5 Å². The second kappa shape index (κ2) is 7.77. The number of fused-ring (bicyclic) bond motifs is 1. The fourth-order valence-electron chi connectivity index (χ4n) is 3.01. The average Bonchev–Trinajstić information content (AvgIpc) is 3.06. The molecule has 1 aliphatic heterocycles. The van der Waals surface area contributed by atoms with Crippen LogP contribution in [-0.2, 0) is 11.0 Å². The molecule has 1 fully saturated rings. The molecule has 1 aliphatic rings. The second-order valence-electron chi connectivity index (χ2n) is 6.32. The lowest BCUT2D eigenvalue weighted by Crippen LogP contribution is -2.45. The first-order valence-corrected chi connectivity index (χ1v) is 10.0. The highest BCUT2D eigenvalue weighted by atomic mass is 35.5. The van der Waals surface area contributed by atoms with Crippen molar-refractivity contribution in [1.29, 1.82) is 0 Å². The number of amides is 2. The van der Waals surface area contributed by atoms with Gasteiger partial charge in [0.2, 0.25) is 0 Å². The second-order valence-corrected chi connectivity index (χ2v) is 7.80. The number of hydrogen-bond donors (Lipinski definition) is 1. The van der Waals surface area contributed by atoms with Gasteiger partial charge in [-0.1, -0.05) is 29.8 Å². The Hall–Kier alpha value is -2.85. The van der Waals surface area contributed by atoms with E-state index in [0.29, 0.717) is 10.6 Å². The fraction of sp³-hybridized carbons (Fsp3) is 0.158. The highest BCUT2D eigenvalue weighted by Gasteiger charge is 2.40. The van der Waals surface area contributed by atoms with E-state index in [2.05, 4.69) is 15.4 Å². The molecule has 0 aliphatic carbocycles. The Kier molecular flexibility index (Phi) is 5.29. The van der Waals surface area contributed by atoms with Gasteiger partial charge in [-0.15, -0.1) is 11.8 Å². The first-order valence-electron chi connectivity index (χ1n) is 8.58. The summed E-state index contributed by atoms with van der Waals surface area (Å²) in [5.74, 6) is -1.52. The van der Waals surface area contributed by atoms with Gasteiger partial charge in [-0.05, 0) is 24.3 Å². The van der Waals surface area contributed by atoms with E-state index >= 15 is 0 Å². The Morgan fingerprint density at radius 3 is 2.73 bits per heavy atom. The van der Waals surface area contributed by atoms with E-state index in [4.69, 9.17) is 11.6 Å². The normalized spacial score (nSPS) is 16.9. The molecule has 0 radical (unpaired) electrons. The molecule has 1 N–H and O–H groups in total. The van der Waals surface area contributed by atoms with Gasteiger partial charge in [0.25, 0.3) is 11.8 Å². The van der Waals surface area contributed by atoms with Crippen LogP contribution in [-0.4, -0.2) is 32.5 Å². The van der Waals surface area contributed by atoms with Crippen molar-refractivity contribution in [3.63, 3.8) is 0 Å². The molecule has 154 valence electrons. The Bertz CT molecular complexity index is 1160. The highest BCUT2D eigenvalue weighted by Crippen LogP contribution is 2.40. The Morgan fingerprint density at radius 2 is 2.00 bits per heavy atom. The summed E-state index contributed by atoms with van der Waals surface area (Å²) < 4.78 is 40.6. The van der Waals surface area contributed by atoms with Crippen LogP contribution in [0.15, 0.2) is 48.7 Å². The van der Waals surface area contributed by atoms with Gasteiger partial charge in [0.05, 0.1) is 11.3 Å². The number of benzene rings is 1. The van der Waals surface area contributed by atoms with Gasteiger partial charge in [-0.2, -0.15) is 13.2 Å². The number of aromatic nitrogens is 2. The van der Waals surface area contributed by atoms with E-state index in [-0.39, 0.29) is 16.8 Å². The fourth-order valence-corrected chi connectivity index (χ4v) is 4.46. The van der Waals surface area contributed by atoms with Crippen LogP contribution in [0.1, 0.15) is 27.0 Å². The number of nitrogens with zero attached hydrogens (tertiary/aromatic N) is 3. The number of halogens is 4. The minimum atomic E-state index is -4.88. The lowest BCUT2D eigenvalue weighted by atomic mass is 10.1. The zero-order valence-electron chi connectivity index (χ0n) is 15.0. The molecule has 1 atom stereocenters. The smallest absolute Gasteiger partial charge is 0.272 e. The molecular formula is C19H12ClF3N4O2S. The standard InChI is InChI=1S/C19H12ClF3N4O2S/c20-13-6-2-1-5-11(13)18-27(14(28)9-30-18)26-17(29)12-8-10-4-3-7-24-16(10)25-15(12)19(21,22)23/h1-8,18H,9H2,(H,26,29). The lowest BCUT2D eigenvalue weighted by Gasteiger charge is -2.25. The molecule has 6 nitrogen and oxygen atoms in total. The molecule has 4 rings (SSSR count). The number of rotatable bonds is 3. The van der Waals surface area contributed by atoms with Crippen LogP contribution >= 0.6 is 23.4 Å². The summed E-state index contributed by atoms with van der Waals surface area (Å²) in [6.07, 6.45) is -3.58. The van der Waals surface area contributed by atoms with Crippen molar-refractivity contribution in [2.24, 2.45) is 0 Å². The predicted octanol–water partition coefficient (Wildman–Crippen LogP) is 4.22. The van der Waals surface area contributed by atoms with Crippen LogP contribution in [0, 0.1) is 0 Å². The maximum atomic E-state index is 13.5. The third-order valence-corrected chi connectivity index (χ3v) is 5.90. The van der Waals surface area contributed by atoms with Gasteiger partial charge < -0.3 is 0 Å². The lowest BCUT2D eigenvalue weighted by molar-refractivity contribution is -0.141. The topological polar surface area (TPSA) is 75.2 Å². The maximum absolute atomic E-state index is 13.5. The Labute approximate surface area is 177 Å². The summed E-state index contributed by atoms with van der Waals surface area (Å²) in [6.45, 7) is 0. The highest BCUT2D eigenvalue weighted by molar-refractivity contribution is 8.00. The number of thioether (sulfide) groups is 1. The van der Waals surface area contributed by atoms with Crippen LogP contribution in [0.4, 0.5) is 13.2 Å². The first-order chi connectivity index (χ1) is 14.3. The van der Waals surface area contributed by atoms with Gasteiger partial charge in [0.15, 0.2) is 11.3 Å². The van der Waals surface area contributed by atoms with E-state index in [1.54, 1.807) is 24.3 Å². The predicted molar refractivity (Wildman–Crippen MR) is 106 cm³/mol. The number of nitrogens with one attached hydrogen (secondary N) is 1. The zero-order chi connectivity index (χ0) is 21.5. The molecular weight excluding hydrogens is 441 g/mol. The molecule has 1 aromatic carbocycles. The van der Waals surface area contributed by atoms with E-state index in [9.17, 15) is 22.8 Å². The van der Waals surface area contributed by atoms with Gasteiger partial charge in [0, 0.05) is 22.2 Å². The number of hydrazine groups is 1. The number of pyridine rings is 2. The number of carbonyl (C=O) groups excluding carboxylic acids is 2. The van der Waals surface area contributed by atoms with Gasteiger partial charge in [0.1, 0.15) is 5.37 Å². The molecule has 3 aromatic rings. The molecule has 30 heavy (non-hydrogen) atoms. The van der Waals surface area contributed by atoms with Crippen LogP contribution in [0.2, 0.25) is 5.02 Å². The summed E-state index contributed by atoms with van der Waals surface area (Å²) >= 11 is 7.40. The molecule has 3 heterocycles. The molecule has 11 heteroatoms. The molecule has 2 aromatic heterocycles. The minimum Gasteiger partial charge on any atom is -0.272 e. The molecule has 0 spiro atoms. The van der Waals surface area contributed by atoms with Crippen molar-refractivity contribution in [2.75, 3.05) is 5.75 Å². The van der Waals surface area contributed by atoms with Crippen LogP contribution < -0.4 is 5.43 Å². The SMILES string of the molecule is O=C(NN1C(=O)CSC1c1ccccc1Cl)c1cc2cccnc2nc1C(F)(F)F. The quantitative estimate of drug-likeness (QED) is 0.644. The van der Waals surface area contributed by atoms with Gasteiger partial charge in [-0.3, -0.25) is 15.0 Å². The molecule has 1 unspecified atom stereocenters. The van der Waals surface area contributed by atoms with Gasteiger partial charge >= 0.3 is 6.18 Å². The molecule has 2 amide bonds. The van der Waals surface area contributed by atoms with E-state index < -0.39 is 34.6 Å². The Morgan fingerprint density at radius 1 is 1.23 bits per heavy atom. The van der Waals surface area contributed by atoms with E-state index in [0.717, 1.165) is 11.1 Å². The maximum Gasteiger partial charge on any atom is 0.434 e. The van der Waals surface area contributed by atoms with Crippen LogP contribution in [0.5, 0.6) is 0 Å². The number of hydrogen-bond acceptors (Lipinski definition) is 5. The first kappa shape index (κ1) is 20.4. The third-order valence-electron chi connectivity index (χ3n) is 4.36. The summed E-state index contributed by atoms with van der Waals surface area (Å²) in [4.78, 5) is 32.5.